The van der Waals surface area contributed by atoms with E-state index in [0.29, 0.717) is 57.9 Å². The zero-order chi connectivity index (χ0) is 32.2. The van der Waals surface area contributed by atoms with E-state index in [1.54, 1.807) is 0 Å². The highest BCUT2D eigenvalue weighted by Crippen LogP contribution is 2.38. The number of aryl methyl sites for hydroxylation is 1. The number of aliphatic imine (C=N–C) groups is 1. The highest BCUT2D eigenvalue weighted by Gasteiger charge is 2.40. The fourth-order valence-corrected chi connectivity index (χ4v) is 5.11. The summed E-state index contributed by atoms with van der Waals surface area (Å²) in [7, 11) is 0. The second-order valence-electron chi connectivity index (χ2n) is 11.5. The molecular weight excluding hydrogens is 552 g/mol. The van der Waals surface area contributed by atoms with E-state index < -0.39 is 30.3 Å². The molecule has 1 aromatic rings. The number of carboxylic acid groups (broad SMARTS) is 1. The van der Waals surface area contributed by atoms with Gasteiger partial charge in [0.2, 0.25) is 0 Å². The number of nitrogens with zero attached hydrogens (tertiary/aromatic N) is 1. The van der Waals surface area contributed by atoms with Crippen molar-refractivity contribution in [2.45, 2.75) is 115 Å². The van der Waals surface area contributed by atoms with Crippen LogP contribution in [0.1, 0.15) is 83.6 Å². The molecule has 6 atom stereocenters. The van der Waals surface area contributed by atoms with Gasteiger partial charge in [0, 0.05) is 13.0 Å². The maximum atomic E-state index is 11.5. The molecule has 1 saturated carbocycles. The number of rotatable bonds is 18. The van der Waals surface area contributed by atoms with Gasteiger partial charge < -0.3 is 42.4 Å². The quantitative estimate of drug-likeness (QED) is 0.0426. The van der Waals surface area contributed by atoms with Crippen molar-refractivity contribution in [1.82, 2.24) is 0 Å². The Balaban J connectivity index is 0.000000650. The fraction of sp³-hybridized carbons (Fsp3) is 0.656. The first-order valence-corrected chi connectivity index (χ1v) is 15.4. The Labute approximate surface area is 256 Å². The lowest BCUT2D eigenvalue weighted by atomic mass is 9.85. The molecule has 43 heavy (non-hydrogen) atoms. The molecule has 10 N–H and O–H groups in total. The molecule has 0 aromatic heterocycles. The lowest BCUT2D eigenvalue weighted by molar-refractivity contribution is -0.147. The number of ether oxygens (including phenoxy) is 1. The largest absolute Gasteiger partial charge is 0.480 e. The second kappa shape index (κ2) is 21.7. The average Bonchev–Trinajstić information content (AvgIpc) is 3.22. The molecule has 11 heteroatoms. The number of esters is 1. The van der Waals surface area contributed by atoms with E-state index in [9.17, 15) is 24.9 Å². The first-order chi connectivity index (χ1) is 20.4. The van der Waals surface area contributed by atoms with Gasteiger partial charge in [0.05, 0.1) is 24.4 Å². The van der Waals surface area contributed by atoms with Crippen LogP contribution in [0.15, 0.2) is 47.5 Å². The van der Waals surface area contributed by atoms with Crippen LogP contribution in [0.25, 0.3) is 0 Å². The summed E-state index contributed by atoms with van der Waals surface area (Å²) in [5.74, 6) is -1.13. The van der Waals surface area contributed by atoms with E-state index >= 15 is 0 Å². The summed E-state index contributed by atoms with van der Waals surface area (Å²) in [5, 5.41) is 39.6. The van der Waals surface area contributed by atoms with Gasteiger partial charge in [0.1, 0.15) is 6.04 Å². The lowest BCUT2D eigenvalue weighted by Crippen LogP contribution is -2.30. The Morgan fingerprint density at radius 2 is 1.70 bits per heavy atom. The summed E-state index contributed by atoms with van der Waals surface area (Å²) in [6.45, 7) is 4.11. The third-order valence-electron chi connectivity index (χ3n) is 7.44. The number of allylic oxidation sites excluding steroid dienone is 2. The van der Waals surface area contributed by atoms with E-state index in [1.165, 1.54) is 5.56 Å². The number of carbonyl (C=O) groups excluding carboxylic acids is 1. The smallest absolute Gasteiger partial charge is 0.320 e. The number of aliphatic carboxylic acids is 1. The minimum atomic E-state index is -1.00. The zero-order valence-electron chi connectivity index (χ0n) is 25.8. The van der Waals surface area contributed by atoms with Crippen LogP contribution in [0.3, 0.4) is 0 Å². The number of guanidine groups is 1. The molecule has 0 bridgehead atoms. The van der Waals surface area contributed by atoms with Crippen LogP contribution in [0, 0.1) is 11.8 Å². The first kappa shape index (κ1) is 38.0. The summed E-state index contributed by atoms with van der Waals surface area (Å²) in [5.41, 5.74) is 16.5. The normalized spacial score (nSPS) is 21.2. The summed E-state index contributed by atoms with van der Waals surface area (Å²) in [6.07, 6.45) is 9.53. The summed E-state index contributed by atoms with van der Waals surface area (Å²) >= 11 is 0. The van der Waals surface area contributed by atoms with Gasteiger partial charge in [-0.3, -0.25) is 14.6 Å². The highest BCUT2D eigenvalue weighted by molar-refractivity contribution is 5.75. The summed E-state index contributed by atoms with van der Waals surface area (Å²) in [4.78, 5) is 25.4. The van der Waals surface area contributed by atoms with Gasteiger partial charge in [-0.05, 0) is 95.5 Å². The van der Waals surface area contributed by atoms with Crippen molar-refractivity contribution in [2.24, 2.45) is 34.0 Å². The van der Waals surface area contributed by atoms with Crippen molar-refractivity contribution in [1.29, 1.82) is 0 Å². The van der Waals surface area contributed by atoms with E-state index in [-0.39, 0.29) is 29.9 Å². The highest BCUT2D eigenvalue weighted by atomic mass is 16.5. The molecule has 0 unspecified atom stereocenters. The van der Waals surface area contributed by atoms with E-state index in [1.807, 2.05) is 38.1 Å². The van der Waals surface area contributed by atoms with Gasteiger partial charge in [-0.1, -0.05) is 42.5 Å². The van der Waals surface area contributed by atoms with Gasteiger partial charge in [-0.15, -0.1) is 0 Å². The topological polar surface area (TPSA) is 215 Å². The van der Waals surface area contributed by atoms with Crippen molar-refractivity contribution >= 4 is 17.9 Å². The Hall–Kier alpha value is -2.99. The Morgan fingerprint density at radius 3 is 2.33 bits per heavy atom. The van der Waals surface area contributed by atoms with E-state index in [0.717, 1.165) is 19.3 Å². The predicted molar refractivity (Wildman–Crippen MR) is 168 cm³/mol. The minimum absolute atomic E-state index is 0.00652. The van der Waals surface area contributed by atoms with Crippen LogP contribution in [0.5, 0.6) is 0 Å². The standard InChI is InChI=1S/C26H40O5.C6H14N4O2/c1-19(2)31-26(30)13-9-4-3-8-12-22-23(25(29)18-24(22)28)17-16-21(27)15-14-20-10-6-5-7-11-20;7-4(5(11)12)2-1-3-10-6(8)9/h3,5-8,10-11,19,21-25,27-29H,4,9,12-18H2,1-2H3;4H,1-3,7H2,(H,11,12)(H4,8,9,10)/b8-3+;/t21-,22+,23+,24-,25+;4-/m00/s1. The first-order valence-electron chi connectivity index (χ1n) is 15.4. The SMILES string of the molecule is CC(C)OC(=O)CCC/C=C/C[C@@H]1[C@@H](CC[C@@H](O)CCc2ccccc2)[C@H](O)C[C@@H]1O.NC(N)=NCCC[C@H](N)C(=O)O. The maximum absolute atomic E-state index is 11.5. The summed E-state index contributed by atoms with van der Waals surface area (Å²) < 4.78 is 5.12. The Bertz CT molecular complexity index is 970. The van der Waals surface area contributed by atoms with Gasteiger partial charge in [-0.2, -0.15) is 0 Å². The molecule has 11 nitrogen and oxygen atoms in total. The van der Waals surface area contributed by atoms with Crippen LogP contribution in [-0.2, 0) is 20.7 Å². The number of hydrogen-bond acceptors (Lipinski definition) is 8. The van der Waals surface area contributed by atoms with Gasteiger partial charge in [-0.25, -0.2) is 0 Å². The van der Waals surface area contributed by atoms with Gasteiger partial charge >= 0.3 is 11.9 Å². The lowest BCUT2D eigenvalue weighted by Gasteiger charge is -2.23. The number of aliphatic hydroxyl groups excluding tert-OH is 3. The predicted octanol–water partition coefficient (Wildman–Crippen LogP) is 2.64. The van der Waals surface area contributed by atoms with Gasteiger partial charge in [0.15, 0.2) is 5.96 Å². The molecule has 0 saturated heterocycles. The van der Waals surface area contributed by atoms with Crippen LogP contribution in [0.4, 0.5) is 0 Å². The van der Waals surface area contributed by atoms with Gasteiger partial charge in [0.25, 0.3) is 0 Å². The van der Waals surface area contributed by atoms with Crippen LogP contribution < -0.4 is 17.2 Å². The number of hydrogen-bond donors (Lipinski definition) is 7. The average molecular weight is 607 g/mol. The molecule has 0 spiro atoms. The Kier molecular flexibility index (Phi) is 19.2. The molecule has 0 amide bonds. The fourth-order valence-electron chi connectivity index (χ4n) is 5.11. The molecule has 244 valence electrons. The third-order valence-corrected chi connectivity index (χ3v) is 7.44. The second-order valence-corrected chi connectivity index (χ2v) is 11.5. The molecule has 0 heterocycles. The van der Waals surface area contributed by atoms with Crippen molar-refractivity contribution < 1.29 is 34.8 Å². The Morgan fingerprint density at radius 1 is 1.02 bits per heavy atom. The van der Waals surface area contributed by atoms with Crippen molar-refractivity contribution in [3.8, 4) is 0 Å². The monoisotopic (exact) mass is 606 g/mol. The van der Waals surface area contributed by atoms with Crippen molar-refractivity contribution in [2.75, 3.05) is 6.54 Å². The molecule has 1 aliphatic rings. The van der Waals surface area contributed by atoms with Crippen molar-refractivity contribution in [3.63, 3.8) is 0 Å². The number of aliphatic hydroxyl groups is 3. The van der Waals surface area contributed by atoms with E-state index in [2.05, 4.69) is 23.2 Å². The summed E-state index contributed by atoms with van der Waals surface area (Å²) in [6, 6.07) is 9.32. The molecule has 0 aliphatic heterocycles. The zero-order valence-corrected chi connectivity index (χ0v) is 25.8. The number of carboxylic acids is 1. The minimum Gasteiger partial charge on any atom is -0.480 e. The molecule has 0 radical (unpaired) electrons. The molecule has 1 aliphatic carbocycles. The molecular formula is C32H54N4O7. The van der Waals surface area contributed by atoms with Crippen molar-refractivity contribution in [3.05, 3.63) is 48.0 Å². The van der Waals surface area contributed by atoms with Crippen LogP contribution in [-0.4, -0.2) is 75.3 Å². The molecule has 1 fully saturated rings. The number of carbonyl (C=O) groups is 2. The number of nitrogens with two attached hydrogens (primary N) is 3. The molecule has 2 rings (SSSR count). The maximum Gasteiger partial charge on any atom is 0.320 e. The van der Waals surface area contributed by atoms with E-state index in [4.69, 9.17) is 27.0 Å². The number of unbranched alkanes of at least 4 members (excludes halogenated alkanes) is 1. The number of benzene rings is 1. The van der Waals surface area contributed by atoms with Crippen LogP contribution in [0.2, 0.25) is 0 Å². The third kappa shape index (κ3) is 17.7. The molecule has 1 aromatic carbocycles. The van der Waals surface area contributed by atoms with Crippen LogP contribution >= 0.6 is 0 Å².